The fourth-order valence-corrected chi connectivity index (χ4v) is 3.40. The van der Waals surface area contributed by atoms with Crippen LogP contribution in [0, 0.1) is 5.41 Å². The molecule has 1 amide bonds. The van der Waals surface area contributed by atoms with Crippen LogP contribution in [0.2, 0.25) is 0 Å². The first-order valence-corrected chi connectivity index (χ1v) is 10.4. The first-order valence-electron chi connectivity index (χ1n) is 10.4. The van der Waals surface area contributed by atoms with Gasteiger partial charge in [0.1, 0.15) is 18.4 Å². The van der Waals surface area contributed by atoms with Crippen LogP contribution in [0.5, 0.6) is 5.75 Å². The molecule has 4 N–H and O–H groups in total. The van der Waals surface area contributed by atoms with Gasteiger partial charge >= 0.3 is 0 Å². The van der Waals surface area contributed by atoms with Crippen molar-refractivity contribution in [3.63, 3.8) is 0 Å². The number of hydrogen-bond acceptors (Lipinski definition) is 6. The number of methoxy groups -OCH3 is 1. The monoisotopic (exact) mass is 436 g/mol. The van der Waals surface area contributed by atoms with Crippen molar-refractivity contribution in [2.45, 2.75) is 25.8 Å². The van der Waals surface area contributed by atoms with Gasteiger partial charge in [0.05, 0.1) is 13.2 Å². The Balaban J connectivity index is 1.99. The van der Waals surface area contributed by atoms with E-state index < -0.39 is 0 Å². The second kappa shape index (κ2) is 11.6. The van der Waals surface area contributed by atoms with Crippen LogP contribution in [-0.2, 0) is 22.5 Å². The van der Waals surface area contributed by atoms with E-state index in [1.54, 1.807) is 18.1 Å². The normalized spacial score (nSPS) is 10.7. The standard InChI is InChI=1S/C23H28N6O3/c1-31-12-5-13-32-22-19(17-6-3-2-4-7-17)10-8-18(9-11-21(30)28-23(24)25)20(22)14-29-16-26-15-27-29/h2-4,6-8,10,15-16H,5,9,11-14H2,1H3,(H4,24,25,28,30). The fraction of sp³-hybridized carbons (Fsp3) is 0.304. The van der Waals surface area contributed by atoms with Crippen molar-refractivity contribution in [3.05, 3.63) is 66.2 Å². The molecule has 0 aliphatic carbocycles. The van der Waals surface area contributed by atoms with Crippen molar-refractivity contribution in [1.29, 1.82) is 5.41 Å². The van der Waals surface area contributed by atoms with Gasteiger partial charge in [0.2, 0.25) is 5.91 Å². The molecule has 0 saturated carbocycles. The number of nitrogens with one attached hydrogen (secondary N) is 2. The molecule has 3 rings (SSSR count). The zero-order valence-corrected chi connectivity index (χ0v) is 18.1. The summed E-state index contributed by atoms with van der Waals surface area (Å²) in [5, 5.41) is 13.8. The number of carbonyl (C=O) groups is 1. The summed E-state index contributed by atoms with van der Waals surface area (Å²) in [5.74, 6) is 0.0885. The predicted molar refractivity (Wildman–Crippen MR) is 121 cm³/mol. The average Bonchev–Trinajstić information content (AvgIpc) is 3.30. The van der Waals surface area contributed by atoms with E-state index in [1.807, 2.05) is 42.5 Å². The summed E-state index contributed by atoms with van der Waals surface area (Å²) in [6, 6.07) is 14.1. The SMILES string of the molecule is COCCCOc1c(-c2ccccc2)ccc(CCC(=O)NC(=N)N)c1Cn1cncn1. The molecule has 168 valence electrons. The van der Waals surface area contributed by atoms with E-state index in [0.29, 0.717) is 26.2 Å². The Kier molecular flexibility index (Phi) is 8.33. The number of benzene rings is 2. The number of aromatic nitrogens is 3. The van der Waals surface area contributed by atoms with Crippen molar-refractivity contribution in [2.75, 3.05) is 20.3 Å². The van der Waals surface area contributed by atoms with Crippen molar-refractivity contribution >= 4 is 11.9 Å². The van der Waals surface area contributed by atoms with Crippen LogP contribution in [0.4, 0.5) is 0 Å². The molecule has 0 fully saturated rings. The Labute approximate surface area is 187 Å². The fourth-order valence-electron chi connectivity index (χ4n) is 3.40. The average molecular weight is 437 g/mol. The molecule has 0 aliphatic rings. The minimum Gasteiger partial charge on any atom is -0.492 e. The van der Waals surface area contributed by atoms with E-state index in [0.717, 1.165) is 34.4 Å². The number of amides is 1. The van der Waals surface area contributed by atoms with E-state index >= 15 is 0 Å². The lowest BCUT2D eigenvalue weighted by Crippen LogP contribution is -2.35. The molecule has 0 bridgehead atoms. The predicted octanol–water partition coefficient (Wildman–Crippen LogP) is 2.35. The number of nitrogens with zero attached hydrogens (tertiary/aromatic N) is 3. The summed E-state index contributed by atoms with van der Waals surface area (Å²) in [6.07, 6.45) is 4.54. The van der Waals surface area contributed by atoms with Crippen LogP contribution in [-0.4, -0.2) is 47.0 Å². The Hall–Kier alpha value is -3.72. The third kappa shape index (κ3) is 6.39. The lowest BCUT2D eigenvalue weighted by molar-refractivity contribution is -0.119. The maximum atomic E-state index is 12.1. The van der Waals surface area contributed by atoms with Crippen LogP contribution in [0.15, 0.2) is 55.1 Å². The van der Waals surface area contributed by atoms with Gasteiger partial charge in [-0.15, -0.1) is 0 Å². The molecule has 0 spiro atoms. The van der Waals surface area contributed by atoms with Crippen LogP contribution in [0.25, 0.3) is 11.1 Å². The molecule has 1 aromatic heterocycles. The van der Waals surface area contributed by atoms with Crippen molar-refractivity contribution < 1.29 is 14.3 Å². The largest absolute Gasteiger partial charge is 0.492 e. The molecule has 3 aromatic rings. The van der Waals surface area contributed by atoms with Crippen molar-refractivity contribution in [2.24, 2.45) is 5.73 Å². The van der Waals surface area contributed by atoms with Crippen LogP contribution in [0.1, 0.15) is 24.0 Å². The summed E-state index contributed by atoms with van der Waals surface area (Å²) in [4.78, 5) is 16.1. The van der Waals surface area contributed by atoms with Crippen LogP contribution < -0.4 is 15.8 Å². The number of carbonyl (C=O) groups excluding carboxylic acids is 1. The molecular formula is C23H28N6O3. The van der Waals surface area contributed by atoms with Gasteiger partial charge < -0.3 is 15.2 Å². The van der Waals surface area contributed by atoms with Gasteiger partial charge in [-0.1, -0.05) is 42.5 Å². The minimum absolute atomic E-state index is 0.192. The summed E-state index contributed by atoms with van der Waals surface area (Å²) in [7, 11) is 1.66. The van der Waals surface area contributed by atoms with Gasteiger partial charge in [-0.05, 0) is 17.5 Å². The number of rotatable bonds is 11. The molecule has 2 aromatic carbocycles. The quantitative estimate of drug-likeness (QED) is 0.240. The number of guanidine groups is 1. The third-order valence-electron chi connectivity index (χ3n) is 4.86. The summed E-state index contributed by atoms with van der Waals surface area (Å²) in [6.45, 7) is 1.54. The number of ether oxygens (including phenoxy) is 2. The lowest BCUT2D eigenvalue weighted by atomic mass is 9.94. The molecule has 0 atom stereocenters. The highest BCUT2D eigenvalue weighted by Crippen LogP contribution is 2.36. The van der Waals surface area contributed by atoms with Gasteiger partial charge in [0.25, 0.3) is 0 Å². The molecule has 0 aliphatic heterocycles. The van der Waals surface area contributed by atoms with Gasteiger partial charge in [-0.2, -0.15) is 5.10 Å². The number of hydrogen-bond donors (Lipinski definition) is 3. The summed E-state index contributed by atoms with van der Waals surface area (Å²) < 4.78 is 13.2. The van der Waals surface area contributed by atoms with E-state index in [1.165, 1.54) is 6.33 Å². The van der Waals surface area contributed by atoms with Gasteiger partial charge in [-0.25, -0.2) is 9.67 Å². The van der Waals surface area contributed by atoms with E-state index in [2.05, 4.69) is 15.4 Å². The second-order valence-electron chi connectivity index (χ2n) is 7.20. The maximum Gasteiger partial charge on any atom is 0.226 e. The van der Waals surface area contributed by atoms with E-state index in [9.17, 15) is 4.79 Å². The minimum atomic E-state index is -0.362. The number of aryl methyl sites for hydroxylation is 1. The first kappa shape index (κ1) is 23.0. The molecule has 0 unspecified atom stereocenters. The molecular weight excluding hydrogens is 408 g/mol. The van der Waals surface area contributed by atoms with Crippen molar-refractivity contribution in [1.82, 2.24) is 20.1 Å². The van der Waals surface area contributed by atoms with E-state index in [-0.39, 0.29) is 18.3 Å². The third-order valence-corrected chi connectivity index (χ3v) is 4.86. The highest BCUT2D eigenvalue weighted by Gasteiger charge is 2.18. The van der Waals surface area contributed by atoms with Crippen LogP contribution in [0.3, 0.4) is 0 Å². The van der Waals surface area contributed by atoms with Gasteiger partial charge in [0.15, 0.2) is 5.96 Å². The topological polar surface area (TPSA) is 128 Å². The molecule has 9 heteroatoms. The first-order chi connectivity index (χ1) is 15.6. The smallest absolute Gasteiger partial charge is 0.226 e. The van der Waals surface area contributed by atoms with Crippen molar-refractivity contribution in [3.8, 4) is 16.9 Å². The Bertz CT molecular complexity index is 1020. The lowest BCUT2D eigenvalue weighted by Gasteiger charge is -2.20. The highest BCUT2D eigenvalue weighted by molar-refractivity contribution is 5.94. The summed E-state index contributed by atoms with van der Waals surface area (Å²) in [5.41, 5.74) is 9.17. The number of nitrogens with two attached hydrogens (primary N) is 1. The van der Waals surface area contributed by atoms with Crippen LogP contribution >= 0.6 is 0 Å². The van der Waals surface area contributed by atoms with Gasteiger partial charge in [-0.3, -0.25) is 15.5 Å². The molecule has 32 heavy (non-hydrogen) atoms. The summed E-state index contributed by atoms with van der Waals surface area (Å²) >= 11 is 0. The maximum absolute atomic E-state index is 12.1. The van der Waals surface area contributed by atoms with Gasteiger partial charge in [0, 0.05) is 37.7 Å². The Morgan fingerprint density at radius 2 is 2.00 bits per heavy atom. The highest BCUT2D eigenvalue weighted by atomic mass is 16.5. The Morgan fingerprint density at radius 1 is 1.19 bits per heavy atom. The second-order valence-corrected chi connectivity index (χ2v) is 7.20. The molecule has 0 radical (unpaired) electrons. The molecule has 9 nitrogen and oxygen atoms in total. The van der Waals surface area contributed by atoms with E-state index in [4.69, 9.17) is 20.6 Å². The zero-order chi connectivity index (χ0) is 22.8. The zero-order valence-electron chi connectivity index (χ0n) is 18.1. The molecule has 1 heterocycles. The molecule has 0 saturated heterocycles. The Morgan fingerprint density at radius 3 is 2.69 bits per heavy atom.